The molecular formula is C14H18F2N2O. The van der Waals surface area contributed by atoms with Crippen LogP contribution >= 0.6 is 0 Å². The molecule has 1 saturated heterocycles. The predicted molar refractivity (Wildman–Crippen MR) is 68.4 cm³/mol. The van der Waals surface area contributed by atoms with Crippen molar-refractivity contribution in [1.82, 2.24) is 4.90 Å². The van der Waals surface area contributed by atoms with Crippen LogP contribution in [-0.2, 0) is 11.2 Å². The summed E-state index contributed by atoms with van der Waals surface area (Å²) < 4.78 is 26.5. The summed E-state index contributed by atoms with van der Waals surface area (Å²) in [4.78, 5) is 13.8. The van der Waals surface area contributed by atoms with Crippen LogP contribution in [0.4, 0.5) is 8.78 Å². The molecule has 1 aromatic carbocycles. The van der Waals surface area contributed by atoms with Crippen LogP contribution in [0.1, 0.15) is 18.9 Å². The monoisotopic (exact) mass is 268 g/mol. The fourth-order valence-electron chi connectivity index (χ4n) is 2.36. The molecule has 3 nitrogen and oxygen atoms in total. The fraction of sp³-hybridized carbons (Fsp3) is 0.500. The molecule has 2 N–H and O–H groups in total. The van der Waals surface area contributed by atoms with E-state index in [-0.39, 0.29) is 23.3 Å². The Labute approximate surface area is 111 Å². The first-order valence-corrected chi connectivity index (χ1v) is 6.35. The third-order valence-electron chi connectivity index (χ3n) is 3.75. The van der Waals surface area contributed by atoms with Gasteiger partial charge in [-0.2, -0.15) is 0 Å². The Balaban J connectivity index is 2.04. The number of carbonyl (C=O) groups excluding carboxylic acids is 1. The van der Waals surface area contributed by atoms with Gasteiger partial charge < -0.3 is 10.6 Å². The van der Waals surface area contributed by atoms with E-state index in [9.17, 15) is 13.6 Å². The van der Waals surface area contributed by atoms with E-state index >= 15 is 0 Å². The average Bonchev–Trinajstić information content (AvgIpc) is 2.77. The van der Waals surface area contributed by atoms with E-state index < -0.39 is 11.6 Å². The summed E-state index contributed by atoms with van der Waals surface area (Å²) in [5, 5.41) is 0. The highest BCUT2D eigenvalue weighted by atomic mass is 19.1. The summed E-state index contributed by atoms with van der Waals surface area (Å²) in [6.45, 7) is 3.76. The Kier molecular flexibility index (Phi) is 3.85. The summed E-state index contributed by atoms with van der Waals surface area (Å²) in [7, 11) is 0. The average molecular weight is 268 g/mol. The van der Waals surface area contributed by atoms with Gasteiger partial charge in [0.1, 0.15) is 11.6 Å². The van der Waals surface area contributed by atoms with Gasteiger partial charge in [0.25, 0.3) is 0 Å². The minimum Gasteiger partial charge on any atom is -0.342 e. The molecule has 0 bridgehead atoms. The zero-order chi connectivity index (χ0) is 14.0. The summed E-state index contributed by atoms with van der Waals surface area (Å²) >= 11 is 0. The Hall–Kier alpha value is -1.49. The number of carbonyl (C=O) groups is 1. The molecule has 1 aliphatic rings. The molecular weight excluding hydrogens is 250 g/mol. The topological polar surface area (TPSA) is 46.3 Å². The molecule has 1 fully saturated rings. The van der Waals surface area contributed by atoms with Crippen LogP contribution in [0.3, 0.4) is 0 Å². The lowest BCUT2D eigenvalue weighted by Gasteiger charge is -2.22. The maximum absolute atomic E-state index is 13.5. The third-order valence-corrected chi connectivity index (χ3v) is 3.75. The van der Waals surface area contributed by atoms with Crippen molar-refractivity contribution in [3.63, 3.8) is 0 Å². The van der Waals surface area contributed by atoms with Gasteiger partial charge in [0, 0.05) is 18.7 Å². The van der Waals surface area contributed by atoms with Crippen molar-refractivity contribution in [2.24, 2.45) is 11.1 Å². The minimum absolute atomic E-state index is 0.0594. The fourth-order valence-corrected chi connectivity index (χ4v) is 2.36. The second-order valence-electron chi connectivity index (χ2n) is 5.49. The predicted octanol–water partition coefficient (Wildman–Crippen LogP) is 1.70. The molecule has 0 saturated carbocycles. The molecule has 0 radical (unpaired) electrons. The van der Waals surface area contributed by atoms with Crippen molar-refractivity contribution in [2.45, 2.75) is 19.8 Å². The Morgan fingerprint density at radius 2 is 2.21 bits per heavy atom. The summed E-state index contributed by atoms with van der Waals surface area (Å²) in [6.07, 6.45) is 0.741. The smallest absolute Gasteiger partial charge is 0.227 e. The molecule has 0 aliphatic carbocycles. The number of hydrogen-bond donors (Lipinski definition) is 1. The Morgan fingerprint density at radius 1 is 1.47 bits per heavy atom. The number of likely N-dealkylation sites (tertiary alicyclic amines) is 1. The van der Waals surface area contributed by atoms with Gasteiger partial charge in [-0.05, 0) is 36.6 Å². The highest BCUT2D eigenvalue weighted by Gasteiger charge is 2.34. The number of nitrogens with two attached hydrogens (primary N) is 1. The van der Waals surface area contributed by atoms with Crippen molar-refractivity contribution < 1.29 is 13.6 Å². The minimum atomic E-state index is -0.546. The lowest BCUT2D eigenvalue weighted by Crippen LogP contribution is -2.35. The van der Waals surface area contributed by atoms with Crippen LogP contribution in [0.5, 0.6) is 0 Å². The van der Waals surface area contributed by atoms with Crippen molar-refractivity contribution in [1.29, 1.82) is 0 Å². The quantitative estimate of drug-likeness (QED) is 0.907. The number of nitrogens with zero attached hydrogens (tertiary/aromatic N) is 1. The van der Waals surface area contributed by atoms with E-state index in [0.29, 0.717) is 19.6 Å². The molecule has 5 heteroatoms. The summed E-state index contributed by atoms with van der Waals surface area (Å²) in [5.41, 5.74) is 5.72. The van der Waals surface area contributed by atoms with Crippen LogP contribution in [0.25, 0.3) is 0 Å². The molecule has 1 unspecified atom stereocenters. The van der Waals surface area contributed by atoms with Crippen LogP contribution < -0.4 is 5.73 Å². The van der Waals surface area contributed by atoms with Gasteiger partial charge in [-0.15, -0.1) is 0 Å². The van der Waals surface area contributed by atoms with Crippen LogP contribution in [0, 0.1) is 17.0 Å². The van der Waals surface area contributed by atoms with Gasteiger partial charge >= 0.3 is 0 Å². The molecule has 1 aromatic rings. The normalized spacial score (nSPS) is 22.8. The van der Waals surface area contributed by atoms with Gasteiger partial charge in [0.15, 0.2) is 0 Å². The van der Waals surface area contributed by atoms with Crippen LogP contribution in [-0.4, -0.2) is 30.4 Å². The Bertz CT molecular complexity index is 492. The van der Waals surface area contributed by atoms with Crippen LogP contribution in [0.15, 0.2) is 18.2 Å². The molecule has 1 amide bonds. The molecule has 1 atom stereocenters. The number of hydrogen-bond acceptors (Lipinski definition) is 2. The van der Waals surface area contributed by atoms with Gasteiger partial charge in [0.2, 0.25) is 5.91 Å². The first-order valence-electron chi connectivity index (χ1n) is 6.35. The van der Waals surface area contributed by atoms with E-state index in [1.807, 2.05) is 6.92 Å². The first kappa shape index (κ1) is 13.9. The number of amides is 1. The lowest BCUT2D eigenvalue weighted by atomic mass is 9.90. The standard InChI is InChI=1S/C14H18F2N2O/c1-14(8-17)4-5-18(9-14)13(19)7-10-6-11(15)2-3-12(10)16/h2-3,6H,4-5,7-9,17H2,1H3. The number of halogens is 2. The largest absolute Gasteiger partial charge is 0.342 e. The van der Waals surface area contributed by atoms with Crippen molar-refractivity contribution in [3.8, 4) is 0 Å². The number of rotatable bonds is 3. The maximum atomic E-state index is 13.5. The van der Waals surface area contributed by atoms with Crippen molar-refractivity contribution >= 4 is 5.91 Å². The molecule has 0 spiro atoms. The van der Waals surface area contributed by atoms with E-state index in [2.05, 4.69) is 0 Å². The van der Waals surface area contributed by atoms with Gasteiger partial charge in [-0.25, -0.2) is 8.78 Å². The molecule has 0 aromatic heterocycles. The van der Waals surface area contributed by atoms with Crippen LogP contribution in [0.2, 0.25) is 0 Å². The maximum Gasteiger partial charge on any atom is 0.227 e. The zero-order valence-electron chi connectivity index (χ0n) is 11.0. The summed E-state index contributed by atoms with van der Waals surface area (Å²) in [6, 6.07) is 3.17. The molecule has 104 valence electrons. The highest BCUT2D eigenvalue weighted by molar-refractivity contribution is 5.79. The molecule has 19 heavy (non-hydrogen) atoms. The molecule has 1 aliphatic heterocycles. The van der Waals surface area contributed by atoms with Crippen molar-refractivity contribution in [3.05, 3.63) is 35.4 Å². The third kappa shape index (κ3) is 3.10. The first-order chi connectivity index (χ1) is 8.93. The highest BCUT2D eigenvalue weighted by Crippen LogP contribution is 2.29. The van der Waals surface area contributed by atoms with Gasteiger partial charge in [0.05, 0.1) is 6.42 Å². The van der Waals surface area contributed by atoms with E-state index in [4.69, 9.17) is 5.73 Å². The zero-order valence-corrected chi connectivity index (χ0v) is 11.0. The van der Waals surface area contributed by atoms with E-state index in [1.54, 1.807) is 4.90 Å². The van der Waals surface area contributed by atoms with Gasteiger partial charge in [-0.3, -0.25) is 4.79 Å². The van der Waals surface area contributed by atoms with E-state index in [1.165, 1.54) is 0 Å². The van der Waals surface area contributed by atoms with E-state index in [0.717, 1.165) is 24.6 Å². The SMILES string of the molecule is CC1(CN)CCN(C(=O)Cc2cc(F)ccc2F)C1. The second kappa shape index (κ2) is 5.25. The molecule has 2 rings (SSSR count). The second-order valence-corrected chi connectivity index (χ2v) is 5.49. The Morgan fingerprint density at radius 3 is 2.84 bits per heavy atom. The number of benzene rings is 1. The van der Waals surface area contributed by atoms with Gasteiger partial charge in [-0.1, -0.05) is 6.92 Å². The molecule has 1 heterocycles. The summed E-state index contributed by atoms with van der Waals surface area (Å²) in [5.74, 6) is -1.25. The lowest BCUT2D eigenvalue weighted by molar-refractivity contribution is -0.129. The van der Waals surface area contributed by atoms with Crippen molar-refractivity contribution in [2.75, 3.05) is 19.6 Å².